The summed E-state index contributed by atoms with van der Waals surface area (Å²) in [6, 6.07) is 6.54. The molecule has 152 valence electrons. The zero-order valence-electron chi connectivity index (χ0n) is 16.4. The Morgan fingerprint density at radius 3 is 2.25 bits per heavy atom. The van der Waals surface area contributed by atoms with Crippen molar-refractivity contribution in [3.63, 3.8) is 0 Å². The van der Waals surface area contributed by atoms with Crippen molar-refractivity contribution in [1.82, 2.24) is 19.6 Å². The number of benzene rings is 1. The van der Waals surface area contributed by atoms with E-state index in [0.717, 1.165) is 0 Å². The molecule has 1 unspecified atom stereocenters. The predicted octanol–water partition coefficient (Wildman–Crippen LogP) is 2.02. The fourth-order valence-electron chi connectivity index (χ4n) is 3.93. The largest absolute Gasteiger partial charge is 0.345 e. The normalized spacial score (nSPS) is 22.4. The van der Waals surface area contributed by atoms with E-state index < -0.39 is 5.41 Å². The number of hydrogen-bond donors (Lipinski definition) is 1. The SMILES string of the molecule is CN(C)C(=O)N1CCN(C(=O)Nc2ccc(Cl)cc2)CC2(CC(=O)N(C)C2)C1. The van der Waals surface area contributed by atoms with E-state index in [9.17, 15) is 14.4 Å². The van der Waals surface area contributed by atoms with Gasteiger partial charge in [-0.3, -0.25) is 4.79 Å². The van der Waals surface area contributed by atoms with E-state index in [1.165, 1.54) is 4.90 Å². The van der Waals surface area contributed by atoms with Crippen molar-refractivity contribution in [1.29, 1.82) is 0 Å². The smallest absolute Gasteiger partial charge is 0.321 e. The highest BCUT2D eigenvalue weighted by molar-refractivity contribution is 6.30. The number of amides is 5. The second-order valence-electron chi connectivity index (χ2n) is 7.88. The summed E-state index contributed by atoms with van der Waals surface area (Å²) in [5, 5.41) is 3.47. The lowest BCUT2D eigenvalue weighted by Gasteiger charge is -2.34. The van der Waals surface area contributed by atoms with Crippen LogP contribution in [-0.2, 0) is 4.79 Å². The number of rotatable bonds is 1. The molecule has 1 N–H and O–H groups in total. The summed E-state index contributed by atoms with van der Waals surface area (Å²) in [6.45, 7) is 2.21. The van der Waals surface area contributed by atoms with Crippen LogP contribution in [0.4, 0.5) is 15.3 Å². The molecule has 0 aromatic heterocycles. The molecule has 2 heterocycles. The van der Waals surface area contributed by atoms with Gasteiger partial charge in [0.05, 0.1) is 0 Å². The third kappa shape index (κ3) is 4.32. The molecule has 0 radical (unpaired) electrons. The van der Waals surface area contributed by atoms with Gasteiger partial charge in [-0.15, -0.1) is 0 Å². The van der Waals surface area contributed by atoms with Crippen LogP contribution in [0.5, 0.6) is 0 Å². The van der Waals surface area contributed by atoms with Crippen molar-refractivity contribution in [3.05, 3.63) is 29.3 Å². The molecule has 1 aromatic carbocycles. The molecular weight excluding hydrogens is 382 g/mol. The van der Waals surface area contributed by atoms with E-state index in [0.29, 0.717) is 49.9 Å². The van der Waals surface area contributed by atoms with Gasteiger partial charge in [0.2, 0.25) is 5.91 Å². The number of nitrogens with zero attached hydrogens (tertiary/aromatic N) is 4. The van der Waals surface area contributed by atoms with Gasteiger partial charge in [0.25, 0.3) is 0 Å². The lowest BCUT2D eigenvalue weighted by atomic mass is 9.86. The third-order valence-electron chi connectivity index (χ3n) is 5.25. The number of nitrogens with one attached hydrogen (secondary N) is 1. The summed E-state index contributed by atoms with van der Waals surface area (Å²) in [5.74, 6) is 0.0391. The van der Waals surface area contributed by atoms with Gasteiger partial charge in [-0.05, 0) is 24.3 Å². The van der Waals surface area contributed by atoms with Crippen LogP contribution in [0.15, 0.2) is 24.3 Å². The first-order chi connectivity index (χ1) is 13.2. The van der Waals surface area contributed by atoms with Gasteiger partial charge in [0.15, 0.2) is 0 Å². The van der Waals surface area contributed by atoms with Crippen molar-refractivity contribution in [2.24, 2.45) is 5.41 Å². The van der Waals surface area contributed by atoms with E-state index in [2.05, 4.69) is 5.32 Å². The van der Waals surface area contributed by atoms with Crippen LogP contribution in [-0.4, -0.2) is 91.4 Å². The molecule has 1 atom stereocenters. The summed E-state index contributed by atoms with van der Waals surface area (Å²) >= 11 is 5.90. The maximum Gasteiger partial charge on any atom is 0.321 e. The van der Waals surface area contributed by atoms with E-state index in [4.69, 9.17) is 11.6 Å². The Labute approximate surface area is 170 Å². The number of hydrogen-bond acceptors (Lipinski definition) is 3. The van der Waals surface area contributed by atoms with Crippen molar-refractivity contribution in [3.8, 4) is 0 Å². The van der Waals surface area contributed by atoms with Gasteiger partial charge in [-0.1, -0.05) is 11.6 Å². The number of anilines is 1. The van der Waals surface area contributed by atoms with E-state index in [1.54, 1.807) is 60.1 Å². The molecule has 3 rings (SSSR count). The Balaban J connectivity index is 1.80. The molecule has 8 nitrogen and oxygen atoms in total. The van der Waals surface area contributed by atoms with Crippen LogP contribution >= 0.6 is 11.6 Å². The van der Waals surface area contributed by atoms with Gasteiger partial charge in [0.1, 0.15) is 0 Å². The number of carbonyl (C=O) groups is 3. The fraction of sp³-hybridized carbons (Fsp3) is 0.526. The first kappa shape index (κ1) is 20.3. The quantitative estimate of drug-likeness (QED) is 0.773. The molecule has 5 amide bonds. The molecule has 28 heavy (non-hydrogen) atoms. The minimum Gasteiger partial charge on any atom is -0.345 e. The highest BCUT2D eigenvalue weighted by Gasteiger charge is 2.47. The maximum atomic E-state index is 12.9. The number of carbonyl (C=O) groups excluding carboxylic acids is 3. The van der Waals surface area contributed by atoms with Crippen molar-refractivity contribution in [2.45, 2.75) is 6.42 Å². The summed E-state index contributed by atoms with van der Waals surface area (Å²) < 4.78 is 0. The maximum absolute atomic E-state index is 12.9. The van der Waals surface area contributed by atoms with Crippen LogP contribution in [0.1, 0.15) is 6.42 Å². The Morgan fingerprint density at radius 2 is 1.68 bits per heavy atom. The van der Waals surface area contributed by atoms with Crippen molar-refractivity contribution >= 4 is 35.3 Å². The molecule has 1 aromatic rings. The van der Waals surface area contributed by atoms with Crippen molar-refractivity contribution < 1.29 is 14.4 Å². The Kier molecular flexibility index (Phi) is 5.69. The first-order valence-electron chi connectivity index (χ1n) is 9.21. The second kappa shape index (κ2) is 7.87. The van der Waals surface area contributed by atoms with Crippen LogP contribution in [0.3, 0.4) is 0 Å². The number of halogens is 1. The molecule has 2 aliphatic rings. The Bertz CT molecular complexity index is 769. The molecule has 1 spiro atoms. The molecule has 0 saturated carbocycles. The van der Waals surface area contributed by atoms with Crippen LogP contribution in [0.25, 0.3) is 0 Å². The topological polar surface area (TPSA) is 76.2 Å². The molecule has 0 aliphatic carbocycles. The molecule has 9 heteroatoms. The van der Waals surface area contributed by atoms with Crippen LogP contribution in [0.2, 0.25) is 5.02 Å². The summed E-state index contributed by atoms with van der Waals surface area (Å²) in [5.41, 5.74) is 0.180. The first-order valence-corrected chi connectivity index (χ1v) is 9.59. The van der Waals surface area contributed by atoms with Crippen LogP contribution < -0.4 is 5.32 Å². The molecule has 0 bridgehead atoms. The predicted molar refractivity (Wildman–Crippen MR) is 107 cm³/mol. The van der Waals surface area contributed by atoms with Gasteiger partial charge in [-0.25, -0.2) is 9.59 Å². The van der Waals surface area contributed by atoms with Crippen molar-refractivity contribution in [2.75, 3.05) is 59.2 Å². The average molecular weight is 408 g/mol. The highest BCUT2D eigenvalue weighted by atomic mass is 35.5. The standard InChI is InChI=1S/C19H26ClN5O3/c1-22(2)18(28)25-9-8-24(12-19(13-25)10-16(26)23(3)11-19)17(27)21-15-6-4-14(20)5-7-15/h4-7H,8-13H2,1-3H3,(H,21,27). The monoisotopic (exact) mass is 407 g/mol. The highest BCUT2D eigenvalue weighted by Crippen LogP contribution is 2.34. The summed E-state index contributed by atoms with van der Waals surface area (Å²) in [7, 11) is 5.17. The minimum atomic E-state index is -0.467. The lowest BCUT2D eigenvalue weighted by molar-refractivity contribution is -0.126. The average Bonchev–Trinajstić information content (AvgIpc) is 2.80. The summed E-state index contributed by atoms with van der Waals surface area (Å²) in [6.07, 6.45) is 0.325. The van der Waals surface area contributed by atoms with E-state index in [-0.39, 0.29) is 18.0 Å². The molecule has 2 saturated heterocycles. The molecule has 2 aliphatic heterocycles. The molecule has 2 fully saturated rings. The second-order valence-corrected chi connectivity index (χ2v) is 8.32. The van der Waals surface area contributed by atoms with Crippen LogP contribution in [0, 0.1) is 5.41 Å². The Morgan fingerprint density at radius 1 is 1.07 bits per heavy atom. The zero-order chi connectivity index (χ0) is 20.5. The summed E-state index contributed by atoms with van der Waals surface area (Å²) in [4.78, 5) is 44.4. The Hall–Kier alpha value is -2.48. The third-order valence-corrected chi connectivity index (χ3v) is 5.50. The van der Waals surface area contributed by atoms with Gasteiger partial charge in [0, 0.05) is 76.4 Å². The van der Waals surface area contributed by atoms with E-state index in [1.807, 2.05) is 0 Å². The number of urea groups is 2. The zero-order valence-corrected chi connectivity index (χ0v) is 17.2. The van der Waals surface area contributed by atoms with Gasteiger partial charge in [-0.2, -0.15) is 0 Å². The van der Waals surface area contributed by atoms with Gasteiger partial charge >= 0.3 is 12.1 Å². The van der Waals surface area contributed by atoms with Gasteiger partial charge < -0.3 is 24.9 Å². The fourth-order valence-corrected chi connectivity index (χ4v) is 4.06. The molecular formula is C19H26ClN5O3. The lowest BCUT2D eigenvalue weighted by Crippen LogP contribution is -2.47. The minimum absolute atomic E-state index is 0.0391. The van der Waals surface area contributed by atoms with E-state index >= 15 is 0 Å². The number of likely N-dealkylation sites (tertiary alicyclic amines) is 1.